The summed E-state index contributed by atoms with van der Waals surface area (Å²) in [5.74, 6) is 0.0712. The van der Waals surface area contributed by atoms with Gasteiger partial charge in [0.05, 0.1) is 36.1 Å². The van der Waals surface area contributed by atoms with Crippen LogP contribution < -0.4 is 10.6 Å². The van der Waals surface area contributed by atoms with Gasteiger partial charge in [-0.1, -0.05) is 29.8 Å². The fraction of sp³-hybridized carbons (Fsp3) is 0.227. The van der Waals surface area contributed by atoms with Crippen LogP contribution in [0.3, 0.4) is 0 Å². The number of alkyl halides is 3. The molecule has 2 N–H and O–H groups in total. The van der Waals surface area contributed by atoms with Crippen LogP contribution >= 0.6 is 11.6 Å². The van der Waals surface area contributed by atoms with Crippen LogP contribution in [-0.4, -0.2) is 33.9 Å². The molecule has 2 aromatic carbocycles. The molecule has 1 aromatic heterocycles. The van der Waals surface area contributed by atoms with Crippen LogP contribution in [-0.2, 0) is 23.9 Å². The molecule has 0 saturated heterocycles. The molecular weight excluding hydrogens is 443 g/mol. The molecule has 0 bridgehead atoms. The molecule has 166 valence electrons. The van der Waals surface area contributed by atoms with Gasteiger partial charge in [-0.05, 0) is 35.9 Å². The average molecular weight is 462 g/mol. The first-order valence-electron chi connectivity index (χ1n) is 9.84. The monoisotopic (exact) mass is 461 g/mol. The summed E-state index contributed by atoms with van der Waals surface area (Å²) in [6, 6.07) is 11.9. The lowest BCUT2D eigenvalue weighted by atomic mass is 10.1. The molecule has 32 heavy (non-hydrogen) atoms. The fourth-order valence-electron chi connectivity index (χ4n) is 3.38. The standard InChI is InChI=1S/C22H19ClF3N5O/c23-16-5-1-3-14(9-16)10-20(32)31-8-7-27-18-12-28-21(30-19(18)13-31)29-17-6-2-4-15(11-17)22(24,25)26/h1-6,9,11-12,27H,7-8,10,13H2,(H,28,29,30). The summed E-state index contributed by atoms with van der Waals surface area (Å²) in [6.07, 6.45) is -2.68. The largest absolute Gasteiger partial charge is 0.416 e. The average Bonchev–Trinajstić information content (AvgIpc) is 2.95. The highest BCUT2D eigenvalue weighted by Gasteiger charge is 2.30. The maximum atomic E-state index is 13.0. The summed E-state index contributed by atoms with van der Waals surface area (Å²) in [5.41, 5.74) is 1.52. The Hall–Kier alpha value is -3.33. The number of amides is 1. The van der Waals surface area contributed by atoms with Gasteiger partial charge in [-0.3, -0.25) is 4.79 Å². The fourth-order valence-corrected chi connectivity index (χ4v) is 3.59. The molecule has 0 aliphatic carbocycles. The van der Waals surface area contributed by atoms with Crippen LogP contribution in [0.5, 0.6) is 0 Å². The van der Waals surface area contributed by atoms with Gasteiger partial charge in [-0.15, -0.1) is 0 Å². The Morgan fingerprint density at radius 3 is 2.78 bits per heavy atom. The summed E-state index contributed by atoms with van der Waals surface area (Å²) in [6.45, 7) is 1.26. The van der Waals surface area contributed by atoms with E-state index in [9.17, 15) is 18.0 Å². The maximum absolute atomic E-state index is 13.0. The van der Waals surface area contributed by atoms with Crippen LogP contribution in [0.1, 0.15) is 16.8 Å². The van der Waals surface area contributed by atoms with Crippen LogP contribution in [0.2, 0.25) is 5.02 Å². The van der Waals surface area contributed by atoms with Gasteiger partial charge in [0.1, 0.15) is 0 Å². The SMILES string of the molecule is O=C(Cc1cccc(Cl)c1)N1CCNc2cnc(Nc3cccc(C(F)(F)F)c3)nc2C1. The molecule has 1 amide bonds. The maximum Gasteiger partial charge on any atom is 0.416 e. The third-order valence-corrected chi connectivity index (χ3v) is 5.18. The van der Waals surface area contributed by atoms with Gasteiger partial charge >= 0.3 is 6.18 Å². The minimum Gasteiger partial charge on any atom is -0.380 e. The molecule has 1 aliphatic rings. The number of anilines is 3. The van der Waals surface area contributed by atoms with E-state index in [4.69, 9.17) is 11.6 Å². The van der Waals surface area contributed by atoms with Gasteiger partial charge in [0, 0.05) is 23.8 Å². The molecule has 0 saturated carbocycles. The van der Waals surface area contributed by atoms with Crippen LogP contribution in [0.15, 0.2) is 54.7 Å². The van der Waals surface area contributed by atoms with E-state index in [-0.39, 0.29) is 30.5 Å². The molecule has 0 atom stereocenters. The summed E-state index contributed by atoms with van der Waals surface area (Å²) in [4.78, 5) is 23.1. The van der Waals surface area contributed by atoms with E-state index in [0.29, 0.717) is 29.5 Å². The van der Waals surface area contributed by atoms with Crippen molar-refractivity contribution in [2.24, 2.45) is 0 Å². The Bertz CT molecular complexity index is 1140. The van der Waals surface area contributed by atoms with E-state index in [2.05, 4.69) is 20.6 Å². The van der Waals surface area contributed by atoms with Crippen LogP contribution in [0.25, 0.3) is 0 Å². The second-order valence-electron chi connectivity index (χ2n) is 7.31. The normalized spacial score (nSPS) is 13.7. The third kappa shape index (κ3) is 5.28. The molecule has 10 heteroatoms. The van der Waals surface area contributed by atoms with Crippen molar-refractivity contribution in [3.05, 3.63) is 76.6 Å². The molecule has 0 fully saturated rings. The lowest BCUT2D eigenvalue weighted by molar-refractivity contribution is -0.137. The first-order chi connectivity index (χ1) is 15.3. The van der Waals surface area contributed by atoms with Gasteiger partial charge in [0.25, 0.3) is 0 Å². The van der Waals surface area contributed by atoms with Crippen molar-refractivity contribution in [1.29, 1.82) is 0 Å². The van der Waals surface area contributed by atoms with Crippen LogP contribution in [0, 0.1) is 0 Å². The highest BCUT2D eigenvalue weighted by Crippen LogP contribution is 2.31. The number of hydrogen-bond donors (Lipinski definition) is 2. The quantitative estimate of drug-likeness (QED) is 0.579. The van der Waals surface area contributed by atoms with Crippen molar-refractivity contribution in [1.82, 2.24) is 14.9 Å². The molecular formula is C22H19ClF3N5O. The smallest absolute Gasteiger partial charge is 0.380 e. The Kier molecular flexibility index (Phi) is 6.18. The topological polar surface area (TPSA) is 70.2 Å². The van der Waals surface area contributed by atoms with E-state index < -0.39 is 11.7 Å². The number of rotatable bonds is 4. The predicted molar refractivity (Wildman–Crippen MR) is 116 cm³/mol. The van der Waals surface area contributed by atoms with Gasteiger partial charge in [-0.25, -0.2) is 9.97 Å². The number of halogens is 4. The number of aromatic nitrogens is 2. The third-order valence-electron chi connectivity index (χ3n) is 4.95. The second-order valence-corrected chi connectivity index (χ2v) is 7.74. The number of carbonyl (C=O) groups is 1. The summed E-state index contributed by atoms with van der Waals surface area (Å²) >= 11 is 6.00. The zero-order chi connectivity index (χ0) is 22.7. The van der Waals surface area contributed by atoms with E-state index in [1.54, 1.807) is 29.3 Å². The number of benzene rings is 2. The van der Waals surface area contributed by atoms with Crippen LogP contribution in [0.4, 0.5) is 30.5 Å². The molecule has 1 aliphatic heterocycles. The molecule has 0 spiro atoms. The van der Waals surface area contributed by atoms with Crippen molar-refractivity contribution in [2.45, 2.75) is 19.1 Å². The Labute approximate surface area is 187 Å². The molecule has 0 radical (unpaired) electrons. The van der Waals surface area contributed by atoms with Crippen molar-refractivity contribution in [3.8, 4) is 0 Å². The van der Waals surface area contributed by atoms with Gasteiger partial charge in [0.2, 0.25) is 11.9 Å². The first-order valence-corrected chi connectivity index (χ1v) is 10.2. The van der Waals surface area contributed by atoms with Crippen molar-refractivity contribution >= 4 is 34.8 Å². The van der Waals surface area contributed by atoms with E-state index >= 15 is 0 Å². The van der Waals surface area contributed by atoms with Gasteiger partial charge in [0.15, 0.2) is 0 Å². The highest BCUT2D eigenvalue weighted by atomic mass is 35.5. The number of fused-ring (bicyclic) bond motifs is 1. The Balaban J connectivity index is 1.50. The molecule has 6 nitrogen and oxygen atoms in total. The Morgan fingerprint density at radius 2 is 2.00 bits per heavy atom. The molecule has 4 rings (SSSR count). The molecule has 0 unspecified atom stereocenters. The number of nitrogens with one attached hydrogen (secondary N) is 2. The van der Waals surface area contributed by atoms with E-state index in [1.165, 1.54) is 12.1 Å². The molecule has 2 heterocycles. The van der Waals surface area contributed by atoms with Crippen molar-refractivity contribution in [3.63, 3.8) is 0 Å². The van der Waals surface area contributed by atoms with E-state index in [0.717, 1.165) is 17.7 Å². The summed E-state index contributed by atoms with van der Waals surface area (Å²) < 4.78 is 38.9. The van der Waals surface area contributed by atoms with Gasteiger partial charge < -0.3 is 15.5 Å². The minimum absolute atomic E-state index is 0.0760. The predicted octanol–water partition coefficient (Wildman–Crippen LogP) is 4.89. The molecule has 3 aromatic rings. The summed E-state index contributed by atoms with van der Waals surface area (Å²) in [7, 11) is 0. The summed E-state index contributed by atoms with van der Waals surface area (Å²) in [5, 5.41) is 6.56. The van der Waals surface area contributed by atoms with Crippen molar-refractivity contribution < 1.29 is 18.0 Å². The lowest BCUT2D eigenvalue weighted by Crippen LogP contribution is -2.34. The zero-order valence-electron chi connectivity index (χ0n) is 16.8. The number of hydrogen-bond acceptors (Lipinski definition) is 5. The number of nitrogens with zero attached hydrogens (tertiary/aromatic N) is 3. The highest BCUT2D eigenvalue weighted by molar-refractivity contribution is 6.30. The van der Waals surface area contributed by atoms with Gasteiger partial charge in [-0.2, -0.15) is 13.2 Å². The number of carbonyl (C=O) groups excluding carboxylic acids is 1. The minimum atomic E-state index is -4.44. The Morgan fingerprint density at radius 1 is 1.19 bits per heavy atom. The second kappa shape index (κ2) is 9.04. The zero-order valence-corrected chi connectivity index (χ0v) is 17.5. The first kappa shape index (κ1) is 21.9. The lowest BCUT2D eigenvalue weighted by Gasteiger charge is -2.20. The van der Waals surface area contributed by atoms with E-state index in [1.807, 2.05) is 6.07 Å². The van der Waals surface area contributed by atoms with Crippen molar-refractivity contribution in [2.75, 3.05) is 23.7 Å².